The van der Waals surface area contributed by atoms with Gasteiger partial charge in [-0.05, 0) is 48.7 Å². The monoisotopic (exact) mass is 419 g/mol. The van der Waals surface area contributed by atoms with Crippen LogP contribution in [0, 0.1) is 0 Å². The van der Waals surface area contributed by atoms with Gasteiger partial charge in [-0.25, -0.2) is 13.2 Å². The number of methoxy groups -OCH3 is 2. The summed E-state index contributed by atoms with van der Waals surface area (Å²) in [5, 5.41) is 9.58. The van der Waals surface area contributed by atoms with E-state index in [0.717, 1.165) is 25.7 Å². The molecular formula is C21H25NO6S. The highest BCUT2D eigenvalue weighted by Crippen LogP contribution is 2.40. The van der Waals surface area contributed by atoms with Gasteiger partial charge >= 0.3 is 5.97 Å². The van der Waals surface area contributed by atoms with Crippen molar-refractivity contribution in [1.29, 1.82) is 0 Å². The first-order valence-electron chi connectivity index (χ1n) is 9.48. The molecule has 1 aliphatic rings. The molecule has 0 saturated carbocycles. The van der Waals surface area contributed by atoms with Gasteiger partial charge in [0, 0.05) is 13.1 Å². The van der Waals surface area contributed by atoms with Crippen LogP contribution in [0.4, 0.5) is 0 Å². The third-order valence-corrected chi connectivity index (χ3v) is 6.95. The fraction of sp³-hybridized carbons (Fsp3) is 0.381. The number of aromatic carboxylic acids is 1. The largest absolute Gasteiger partial charge is 0.496 e. The second-order valence-corrected chi connectivity index (χ2v) is 8.84. The Hall–Kier alpha value is -2.58. The molecule has 0 spiro atoms. The number of carboxylic acids is 1. The zero-order valence-corrected chi connectivity index (χ0v) is 17.4. The molecule has 2 aromatic carbocycles. The van der Waals surface area contributed by atoms with Gasteiger partial charge in [0.05, 0.1) is 30.2 Å². The smallest absolute Gasteiger partial charge is 0.335 e. The number of hydrogen-bond donors (Lipinski definition) is 1. The van der Waals surface area contributed by atoms with Crippen molar-refractivity contribution in [2.75, 3.05) is 27.3 Å². The molecule has 0 aromatic heterocycles. The van der Waals surface area contributed by atoms with E-state index in [2.05, 4.69) is 0 Å². The number of sulfonamides is 1. The molecule has 3 rings (SSSR count). The molecule has 2 aromatic rings. The van der Waals surface area contributed by atoms with Crippen LogP contribution < -0.4 is 9.47 Å². The van der Waals surface area contributed by atoms with Gasteiger partial charge in [0.15, 0.2) is 0 Å². The topological polar surface area (TPSA) is 93.1 Å². The molecule has 8 heteroatoms. The van der Waals surface area contributed by atoms with Crippen LogP contribution in [-0.4, -0.2) is 51.1 Å². The van der Waals surface area contributed by atoms with E-state index in [1.807, 2.05) is 0 Å². The molecule has 156 valence electrons. The standard InChI is InChI=1S/C21H25NO6S/c1-27-18-8-7-9-19(28-2)20(18)15-12-16(21(23)24)14-17(13-15)29(25,26)22-10-5-3-4-6-11-22/h7-9,12-14H,3-6,10-11H2,1-2H3,(H,23,24). The van der Waals surface area contributed by atoms with E-state index >= 15 is 0 Å². The summed E-state index contributed by atoms with van der Waals surface area (Å²) >= 11 is 0. The summed E-state index contributed by atoms with van der Waals surface area (Å²) < 4.78 is 38.8. The first kappa shape index (κ1) is 21.1. The van der Waals surface area contributed by atoms with Crippen molar-refractivity contribution < 1.29 is 27.8 Å². The van der Waals surface area contributed by atoms with E-state index in [0.29, 0.717) is 35.7 Å². The van der Waals surface area contributed by atoms with Crippen LogP contribution in [0.15, 0.2) is 41.3 Å². The van der Waals surface area contributed by atoms with Gasteiger partial charge in [-0.2, -0.15) is 4.31 Å². The van der Waals surface area contributed by atoms with E-state index in [1.54, 1.807) is 18.2 Å². The zero-order chi connectivity index (χ0) is 21.0. The average Bonchev–Trinajstić information content (AvgIpc) is 3.02. The molecule has 0 aliphatic carbocycles. The molecule has 0 bridgehead atoms. The third kappa shape index (κ3) is 4.38. The Kier molecular flexibility index (Phi) is 6.44. The molecule has 0 amide bonds. The lowest BCUT2D eigenvalue weighted by molar-refractivity contribution is 0.0696. The Labute approximate surface area is 170 Å². The predicted molar refractivity (Wildman–Crippen MR) is 109 cm³/mol. The number of carboxylic acid groups (broad SMARTS) is 1. The fourth-order valence-electron chi connectivity index (χ4n) is 3.58. The van der Waals surface area contributed by atoms with E-state index in [-0.39, 0.29) is 10.5 Å². The van der Waals surface area contributed by atoms with Crippen molar-refractivity contribution in [3.05, 3.63) is 42.0 Å². The van der Waals surface area contributed by atoms with Gasteiger partial charge in [0.2, 0.25) is 10.0 Å². The molecule has 29 heavy (non-hydrogen) atoms. The highest BCUT2D eigenvalue weighted by molar-refractivity contribution is 7.89. The van der Waals surface area contributed by atoms with Crippen LogP contribution in [0.1, 0.15) is 36.0 Å². The lowest BCUT2D eigenvalue weighted by Gasteiger charge is -2.21. The maximum atomic E-state index is 13.3. The Morgan fingerprint density at radius 1 is 0.966 bits per heavy atom. The fourth-order valence-corrected chi connectivity index (χ4v) is 5.17. The highest BCUT2D eigenvalue weighted by Gasteiger charge is 2.27. The van der Waals surface area contributed by atoms with E-state index in [4.69, 9.17) is 9.47 Å². The van der Waals surface area contributed by atoms with Gasteiger partial charge in [-0.3, -0.25) is 0 Å². The number of hydrogen-bond acceptors (Lipinski definition) is 5. The number of rotatable bonds is 6. The highest BCUT2D eigenvalue weighted by atomic mass is 32.2. The van der Waals surface area contributed by atoms with Crippen LogP contribution in [0.2, 0.25) is 0 Å². The Balaban J connectivity index is 2.19. The molecule has 1 heterocycles. The third-order valence-electron chi connectivity index (χ3n) is 5.07. The zero-order valence-electron chi connectivity index (χ0n) is 16.6. The maximum absolute atomic E-state index is 13.3. The molecule has 1 fully saturated rings. The summed E-state index contributed by atoms with van der Waals surface area (Å²) in [6, 6.07) is 9.32. The van der Waals surface area contributed by atoms with Gasteiger partial charge in [0.25, 0.3) is 0 Å². The molecule has 1 aliphatic heterocycles. The van der Waals surface area contributed by atoms with E-state index < -0.39 is 16.0 Å². The minimum absolute atomic E-state index is 0.0396. The van der Waals surface area contributed by atoms with Crippen LogP contribution in [0.3, 0.4) is 0 Å². The number of benzene rings is 2. The lowest BCUT2D eigenvalue weighted by atomic mass is 10.0. The summed E-state index contributed by atoms with van der Waals surface area (Å²) in [5.74, 6) is -0.275. The molecule has 7 nitrogen and oxygen atoms in total. The van der Waals surface area contributed by atoms with Crippen LogP contribution >= 0.6 is 0 Å². The first-order chi connectivity index (χ1) is 13.9. The van der Waals surface area contributed by atoms with Crippen LogP contribution in [0.5, 0.6) is 11.5 Å². The average molecular weight is 419 g/mol. The van der Waals surface area contributed by atoms with Crippen LogP contribution in [-0.2, 0) is 10.0 Å². The van der Waals surface area contributed by atoms with Crippen molar-refractivity contribution >= 4 is 16.0 Å². The maximum Gasteiger partial charge on any atom is 0.335 e. The van der Waals surface area contributed by atoms with Gasteiger partial charge in [-0.1, -0.05) is 18.9 Å². The molecule has 1 N–H and O–H groups in total. The number of ether oxygens (including phenoxy) is 2. The van der Waals surface area contributed by atoms with Crippen molar-refractivity contribution in [1.82, 2.24) is 4.31 Å². The lowest BCUT2D eigenvalue weighted by Crippen LogP contribution is -2.32. The van der Waals surface area contributed by atoms with E-state index in [1.165, 1.54) is 36.7 Å². The van der Waals surface area contributed by atoms with Crippen molar-refractivity contribution in [2.45, 2.75) is 30.6 Å². The Morgan fingerprint density at radius 3 is 2.07 bits per heavy atom. The molecule has 1 saturated heterocycles. The Morgan fingerprint density at radius 2 is 1.55 bits per heavy atom. The van der Waals surface area contributed by atoms with Gasteiger partial charge in [0.1, 0.15) is 11.5 Å². The van der Waals surface area contributed by atoms with Gasteiger partial charge < -0.3 is 14.6 Å². The van der Waals surface area contributed by atoms with E-state index in [9.17, 15) is 18.3 Å². The minimum Gasteiger partial charge on any atom is -0.496 e. The summed E-state index contributed by atoms with van der Waals surface area (Å²) in [6.45, 7) is 0.875. The predicted octanol–water partition coefficient (Wildman–Crippen LogP) is 3.63. The molecule has 0 atom stereocenters. The van der Waals surface area contributed by atoms with Gasteiger partial charge in [-0.15, -0.1) is 0 Å². The second kappa shape index (κ2) is 8.84. The number of carbonyl (C=O) groups is 1. The van der Waals surface area contributed by atoms with Crippen molar-refractivity contribution in [3.8, 4) is 22.6 Å². The molecule has 0 radical (unpaired) electrons. The molecular weight excluding hydrogens is 394 g/mol. The summed E-state index contributed by atoms with van der Waals surface area (Å²) in [7, 11) is -0.834. The summed E-state index contributed by atoms with van der Waals surface area (Å²) in [5.41, 5.74) is 0.810. The SMILES string of the molecule is COc1cccc(OC)c1-c1cc(C(=O)O)cc(S(=O)(=O)N2CCCCCC2)c1. The first-order valence-corrected chi connectivity index (χ1v) is 10.9. The summed E-state index contributed by atoms with van der Waals surface area (Å²) in [4.78, 5) is 11.7. The number of nitrogens with zero attached hydrogens (tertiary/aromatic N) is 1. The van der Waals surface area contributed by atoms with Crippen molar-refractivity contribution in [3.63, 3.8) is 0 Å². The minimum atomic E-state index is -3.82. The van der Waals surface area contributed by atoms with Crippen LogP contribution in [0.25, 0.3) is 11.1 Å². The molecule has 0 unspecified atom stereocenters. The quantitative estimate of drug-likeness (QED) is 0.768. The normalized spacial score (nSPS) is 15.5. The second-order valence-electron chi connectivity index (χ2n) is 6.91. The Bertz CT molecular complexity index is 972. The summed E-state index contributed by atoms with van der Waals surface area (Å²) in [6.07, 6.45) is 3.58. The van der Waals surface area contributed by atoms with Crippen molar-refractivity contribution in [2.24, 2.45) is 0 Å².